The third kappa shape index (κ3) is 2.71. The van der Waals surface area contributed by atoms with Crippen LogP contribution in [0.2, 0.25) is 0 Å². The van der Waals surface area contributed by atoms with Gasteiger partial charge in [-0.05, 0) is 12.3 Å². The topological polar surface area (TPSA) is 43.4 Å². The molecule has 0 spiro atoms. The zero-order valence-corrected chi connectivity index (χ0v) is 16.8. The highest BCUT2D eigenvalue weighted by atomic mass is 35.5. The Morgan fingerprint density at radius 3 is 1.91 bits per heavy atom. The van der Waals surface area contributed by atoms with Crippen LogP contribution in [0, 0.1) is 17.3 Å². The first kappa shape index (κ1) is 19.7. The molecular formula is C15H17Cl5O3. The number of hydrogen-bond donors (Lipinski definition) is 0. The molecule has 0 aromatic rings. The van der Waals surface area contributed by atoms with E-state index in [1.54, 1.807) is 0 Å². The molecule has 2 aliphatic rings. The summed E-state index contributed by atoms with van der Waals surface area (Å²) in [5.74, 6) is -3.07. The van der Waals surface area contributed by atoms with E-state index in [1.165, 1.54) is 6.92 Å². The van der Waals surface area contributed by atoms with E-state index in [-0.39, 0.29) is 27.9 Å². The minimum absolute atomic E-state index is 0.00559. The molecule has 0 heterocycles. The Morgan fingerprint density at radius 1 is 1.09 bits per heavy atom. The lowest BCUT2D eigenvalue weighted by molar-refractivity contribution is -0.155. The summed E-state index contributed by atoms with van der Waals surface area (Å²) in [6, 6.07) is 0. The van der Waals surface area contributed by atoms with Crippen LogP contribution in [-0.2, 0) is 14.3 Å². The van der Waals surface area contributed by atoms with Gasteiger partial charge in [0.15, 0.2) is 0 Å². The number of ether oxygens (including phenoxy) is 1. The average molecular weight is 423 g/mol. The molecule has 0 radical (unpaired) electrons. The van der Waals surface area contributed by atoms with Crippen LogP contribution < -0.4 is 0 Å². The Kier molecular flexibility index (Phi) is 5.08. The fraction of sp³-hybridized carbons (Fsp3) is 0.733. The Morgan fingerprint density at radius 2 is 1.52 bits per heavy atom. The third-order valence-electron chi connectivity index (χ3n) is 4.18. The molecule has 23 heavy (non-hydrogen) atoms. The molecule has 5 unspecified atom stereocenters. The fourth-order valence-electron chi connectivity index (χ4n) is 3.15. The summed E-state index contributed by atoms with van der Waals surface area (Å²) in [5.41, 5.74) is -0.241. The van der Waals surface area contributed by atoms with Gasteiger partial charge in [-0.25, -0.2) is 0 Å². The van der Waals surface area contributed by atoms with Gasteiger partial charge in [0.05, 0.1) is 33.9 Å². The molecule has 0 amide bonds. The van der Waals surface area contributed by atoms with Crippen LogP contribution in [0.15, 0.2) is 10.1 Å². The largest absolute Gasteiger partial charge is 0.465 e. The van der Waals surface area contributed by atoms with Crippen molar-refractivity contribution < 1.29 is 14.3 Å². The van der Waals surface area contributed by atoms with Crippen molar-refractivity contribution in [2.45, 2.75) is 42.8 Å². The van der Waals surface area contributed by atoms with E-state index in [9.17, 15) is 9.59 Å². The summed E-state index contributed by atoms with van der Waals surface area (Å²) >= 11 is 31.9. The monoisotopic (exact) mass is 420 g/mol. The molecule has 1 saturated carbocycles. The Labute approximate surface area is 160 Å². The molecule has 0 aromatic heterocycles. The summed E-state index contributed by atoms with van der Waals surface area (Å²) in [5, 5.41) is -0.971. The molecule has 2 rings (SSSR count). The van der Waals surface area contributed by atoms with Crippen molar-refractivity contribution >= 4 is 69.8 Å². The summed E-state index contributed by atoms with van der Waals surface area (Å²) in [6.07, 6.45) is 0. The van der Waals surface area contributed by atoms with Gasteiger partial charge in [-0.2, -0.15) is 0 Å². The smallest absolute Gasteiger partial charge is 0.312 e. The molecule has 5 atom stereocenters. The molecule has 0 aliphatic heterocycles. The second-order valence-electron chi connectivity index (χ2n) is 7.26. The zero-order chi connectivity index (χ0) is 18.0. The highest BCUT2D eigenvalue weighted by Gasteiger charge is 2.77. The number of carbonyl (C=O) groups is 2. The molecule has 2 bridgehead atoms. The van der Waals surface area contributed by atoms with Crippen molar-refractivity contribution in [3.05, 3.63) is 10.1 Å². The number of Topliss-reactive ketones (excluding diaryl/α,β-unsaturated/α-hetero) is 1. The third-order valence-corrected chi connectivity index (χ3v) is 7.67. The maximum absolute atomic E-state index is 12.6. The van der Waals surface area contributed by atoms with Crippen LogP contribution >= 0.6 is 58.0 Å². The first-order chi connectivity index (χ1) is 10.3. The molecule has 130 valence electrons. The number of ketones is 1. The number of fused-ring (bicyclic) bond motifs is 2. The van der Waals surface area contributed by atoms with E-state index in [1.807, 2.05) is 20.8 Å². The second-order valence-corrected chi connectivity index (χ2v) is 9.70. The van der Waals surface area contributed by atoms with E-state index in [0.29, 0.717) is 0 Å². The molecule has 3 nitrogen and oxygen atoms in total. The Hall–Kier alpha value is 0.330. The normalized spacial score (nSPS) is 39.8. The van der Waals surface area contributed by atoms with E-state index in [4.69, 9.17) is 62.7 Å². The van der Waals surface area contributed by atoms with Crippen LogP contribution in [0.1, 0.15) is 27.7 Å². The summed E-state index contributed by atoms with van der Waals surface area (Å²) in [6.45, 7) is 7.23. The first-order valence-corrected chi connectivity index (χ1v) is 8.99. The second kappa shape index (κ2) is 5.95. The molecule has 8 heteroatoms. The molecule has 0 N–H and O–H groups in total. The Balaban J connectivity index is 2.47. The number of halogens is 5. The maximum atomic E-state index is 12.6. The van der Waals surface area contributed by atoms with Crippen molar-refractivity contribution in [1.29, 1.82) is 0 Å². The Bertz CT molecular complexity index is 596. The summed E-state index contributed by atoms with van der Waals surface area (Å²) in [4.78, 5) is 21.8. The van der Waals surface area contributed by atoms with Gasteiger partial charge in [0.25, 0.3) is 0 Å². The predicted octanol–water partition coefficient (Wildman–Crippen LogP) is 4.68. The van der Waals surface area contributed by atoms with Crippen LogP contribution in [-0.4, -0.2) is 33.5 Å². The lowest BCUT2D eigenvalue weighted by atomic mass is 9.79. The van der Waals surface area contributed by atoms with Gasteiger partial charge in [0, 0.05) is 0 Å². The van der Waals surface area contributed by atoms with Gasteiger partial charge in [0.2, 0.25) is 0 Å². The molecule has 1 fully saturated rings. The van der Waals surface area contributed by atoms with Gasteiger partial charge in [-0.3, -0.25) is 9.59 Å². The molecule has 2 aliphatic carbocycles. The van der Waals surface area contributed by atoms with E-state index < -0.39 is 32.9 Å². The van der Waals surface area contributed by atoms with Gasteiger partial charge in [0.1, 0.15) is 15.5 Å². The van der Waals surface area contributed by atoms with E-state index in [2.05, 4.69) is 0 Å². The average Bonchev–Trinajstić information content (AvgIpc) is 2.68. The minimum atomic E-state index is -1.55. The number of hydrogen-bond acceptors (Lipinski definition) is 3. The lowest BCUT2D eigenvalue weighted by Crippen LogP contribution is -2.45. The molecular weight excluding hydrogens is 405 g/mol. The van der Waals surface area contributed by atoms with Crippen molar-refractivity contribution in [3.63, 3.8) is 0 Å². The predicted molar refractivity (Wildman–Crippen MR) is 93.6 cm³/mol. The van der Waals surface area contributed by atoms with Gasteiger partial charge < -0.3 is 4.74 Å². The number of esters is 1. The molecule has 0 aromatic carbocycles. The van der Waals surface area contributed by atoms with E-state index >= 15 is 0 Å². The van der Waals surface area contributed by atoms with Gasteiger partial charge in [-0.15, -0.1) is 34.8 Å². The minimum Gasteiger partial charge on any atom is -0.465 e. The summed E-state index contributed by atoms with van der Waals surface area (Å²) < 4.78 is 5.35. The zero-order valence-electron chi connectivity index (χ0n) is 13.1. The lowest BCUT2D eigenvalue weighted by Gasteiger charge is -2.34. The highest BCUT2D eigenvalue weighted by Crippen LogP contribution is 2.69. The standard InChI is InChI=1S/C15H17Cl5O3/c1-6(21)7-8(11(22)23-5-13(2,3)4)15(20)10(17)9(16)14(7,19)12(15)18/h7-8,12H,5H2,1-4H3. The van der Waals surface area contributed by atoms with Crippen LogP contribution in [0.5, 0.6) is 0 Å². The van der Waals surface area contributed by atoms with E-state index in [0.717, 1.165) is 0 Å². The van der Waals surface area contributed by atoms with Crippen LogP contribution in [0.25, 0.3) is 0 Å². The first-order valence-electron chi connectivity index (χ1n) is 7.04. The van der Waals surface area contributed by atoms with Crippen molar-refractivity contribution in [1.82, 2.24) is 0 Å². The van der Waals surface area contributed by atoms with Gasteiger partial charge >= 0.3 is 5.97 Å². The van der Waals surface area contributed by atoms with Crippen molar-refractivity contribution in [3.8, 4) is 0 Å². The SMILES string of the molecule is CC(=O)C1C(C(=O)OCC(C)(C)C)C2(Cl)C(Cl)=C(Cl)C1(Cl)C2Cl. The summed E-state index contributed by atoms with van der Waals surface area (Å²) in [7, 11) is 0. The van der Waals surface area contributed by atoms with Crippen molar-refractivity contribution in [2.75, 3.05) is 6.61 Å². The van der Waals surface area contributed by atoms with Crippen LogP contribution in [0.3, 0.4) is 0 Å². The quantitative estimate of drug-likeness (QED) is 0.490. The number of allylic oxidation sites excluding steroid dienone is 2. The molecule has 0 saturated heterocycles. The number of rotatable bonds is 3. The number of carbonyl (C=O) groups excluding carboxylic acids is 2. The van der Waals surface area contributed by atoms with Crippen LogP contribution in [0.4, 0.5) is 0 Å². The fourth-order valence-corrected chi connectivity index (χ4v) is 5.70. The van der Waals surface area contributed by atoms with Crippen molar-refractivity contribution in [2.24, 2.45) is 17.3 Å². The number of alkyl halides is 3. The highest BCUT2D eigenvalue weighted by molar-refractivity contribution is 6.56. The maximum Gasteiger partial charge on any atom is 0.312 e. The van der Waals surface area contributed by atoms with Gasteiger partial charge in [-0.1, -0.05) is 44.0 Å².